The predicted molar refractivity (Wildman–Crippen MR) is 102 cm³/mol. The SMILES string of the molecule is O=C(C1CCC(C(=O)n2nnc3ccccc32)CC1)n1nnc2ccccc21. The standard InChI is InChI=1S/C20H18N6O2/c27-19(25-17-7-3-1-5-15(17)21-23-25)13-9-11-14(12-10-13)20(28)26-18-8-4-2-6-16(18)22-24-26/h1-8,13-14H,9-12H2. The van der Waals surface area contributed by atoms with Crippen molar-refractivity contribution in [3.8, 4) is 0 Å². The first-order valence-electron chi connectivity index (χ1n) is 9.41. The quantitative estimate of drug-likeness (QED) is 0.535. The van der Waals surface area contributed by atoms with Crippen molar-refractivity contribution in [2.45, 2.75) is 25.7 Å². The maximum Gasteiger partial charge on any atom is 0.251 e. The molecule has 2 heterocycles. The highest BCUT2D eigenvalue weighted by Gasteiger charge is 2.33. The Labute approximate surface area is 160 Å². The first kappa shape index (κ1) is 16.7. The molecular weight excluding hydrogens is 356 g/mol. The van der Waals surface area contributed by atoms with E-state index in [0.717, 1.165) is 11.0 Å². The van der Waals surface area contributed by atoms with Gasteiger partial charge in [0.15, 0.2) is 0 Å². The van der Waals surface area contributed by atoms with Crippen molar-refractivity contribution < 1.29 is 9.59 Å². The van der Waals surface area contributed by atoms with Gasteiger partial charge in [0.25, 0.3) is 11.8 Å². The molecule has 1 saturated carbocycles. The molecule has 8 heteroatoms. The molecule has 0 saturated heterocycles. The van der Waals surface area contributed by atoms with E-state index in [9.17, 15) is 9.59 Å². The van der Waals surface area contributed by atoms with Gasteiger partial charge in [-0.05, 0) is 49.9 Å². The lowest BCUT2D eigenvalue weighted by atomic mass is 9.81. The number of aromatic nitrogens is 6. The third kappa shape index (κ3) is 2.69. The van der Waals surface area contributed by atoms with Gasteiger partial charge in [-0.1, -0.05) is 34.7 Å². The number of hydrogen-bond acceptors (Lipinski definition) is 6. The summed E-state index contributed by atoms with van der Waals surface area (Å²) >= 11 is 0. The summed E-state index contributed by atoms with van der Waals surface area (Å²) < 4.78 is 2.79. The molecule has 1 aliphatic carbocycles. The highest BCUT2D eigenvalue weighted by atomic mass is 16.2. The zero-order valence-corrected chi connectivity index (χ0v) is 15.1. The van der Waals surface area contributed by atoms with Gasteiger partial charge >= 0.3 is 0 Å². The molecular formula is C20H18N6O2. The highest BCUT2D eigenvalue weighted by Crippen LogP contribution is 2.31. The average molecular weight is 374 g/mol. The molecule has 1 aliphatic rings. The first-order valence-corrected chi connectivity index (χ1v) is 9.41. The van der Waals surface area contributed by atoms with E-state index in [0.29, 0.717) is 36.7 Å². The zero-order valence-electron chi connectivity index (χ0n) is 15.1. The normalized spacial score (nSPS) is 19.9. The second kappa shape index (κ2) is 6.63. The van der Waals surface area contributed by atoms with E-state index >= 15 is 0 Å². The number of hydrogen-bond donors (Lipinski definition) is 0. The maximum atomic E-state index is 12.9. The predicted octanol–water partition coefficient (Wildman–Crippen LogP) is 2.96. The van der Waals surface area contributed by atoms with Gasteiger partial charge in [0, 0.05) is 11.8 Å². The summed E-state index contributed by atoms with van der Waals surface area (Å²) in [5.74, 6) is -0.403. The van der Waals surface area contributed by atoms with Crippen molar-refractivity contribution >= 4 is 33.9 Å². The molecule has 5 rings (SSSR count). The second-order valence-electron chi connectivity index (χ2n) is 7.20. The van der Waals surface area contributed by atoms with Crippen LogP contribution in [0.3, 0.4) is 0 Å². The Morgan fingerprint density at radius 3 is 1.50 bits per heavy atom. The lowest BCUT2D eigenvalue weighted by molar-refractivity contribution is 0.0688. The van der Waals surface area contributed by atoms with Gasteiger partial charge in [-0.3, -0.25) is 9.59 Å². The molecule has 0 N–H and O–H groups in total. The zero-order chi connectivity index (χ0) is 19.1. The third-order valence-electron chi connectivity index (χ3n) is 5.55. The average Bonchev–Trinajstić information content (AvgIpc) is 3.37. The third-order valence-corrected chi connectivity index (χ3v) is 5.55. The van der Waals surface area contributed by atoms with Gasteiger partial charge in [-0.25, -0.2) is 0 Å². The molecule has 28 heavy (non-hydrogen) atoms. The maximum absolute atomic E-state index is 12.9. The van der Waals surface area contributed by atoms with Crippen LogP contribution in [0, 0.1) is 11.8 Å². The van der Waals surface area contributed by atoms with Crippen molar-refractivity contribution in [1.82, 2.24) is 30.0 Å². The summed E-state index contributed by atoms with van der Waals surface area (Å²) in [6.07, 6.45) is 2.60. The summed E-state index contributed by atoms with van der Waals surface area (Å²) in [6.45, 7) is 0. The van der Waals surface area contributed by atoms with E-state index in [1.807, 2.05) is 48.5 Å². The smallest absolute Gasteiger partial charge is 0.251 e. The Balaban J connectivity index is 1.31. The largest absolute Gasteiger partial charge is 0.272 e. The summed E-state index contributed by atoms with van der Waals surface area (Å²) in [5.41, 5.74) is 2.86. The molecule has 0 aliphatic heterocycles. The summed E-state index contributed by atoms with van der Waals surface area (Å²) in [4.78, 5) is 25.8. The molecule has 2 aromatic carbocycles. The molecule has 0 bridgehead atoms. The Bertz CT molecular complexity index is 1090. The molecule has 140 valence electrons. The minimum absolute atomic E-state index is 0.0502. The topological polar surface area (TPSA) is 95.6 Å². The first-order chi connectivity index (χ1) is 13.7. The van der Waals surface area contributed by atoms with E-state index in [1.165, 1.54) is 9.36 Å². The van der Waals surface area contributed by atoms with Crippen LogP contribution in [0.1, 0.15) is 35.3 Å². The Morgan fingerprint density at radius 1 is 0.679 bits per heavy atom. The Morgan fingerprint density at radius 2 is 1.07 bits per heavy atom. The van der Waals surface area contributed by atoms with E-state index in [1.54, 1.807) is 0 Å². The molecule has 0 spiro atoms. The number of para-hydroxylation sites is 2. The van der Waals surface area contributed by atoms with Gasteiger partial charge in [0.1, 0.15) is 11.0 Å². The lowest BCUT2D eigenvalue weighted by Crippen LogP contribution is -2.31. The van der Waals surface area contributed by atoms with Crippen LogP contribution in [0.15, 0.2) is 48.5 Å². The number of benzene rings is 2. The molecule has 0 radical (unpaired) electrons. The molecule has 8 nitrogen and oxygen atoms in total. The summed E-state index contributed by atoms with van der Waals surface area (Å²) in [6, 6.07) is 14.8. The fraction of sp³-hybridized carbons (Fsp3) is 0.300. The Hall–Kier alpha value is -3.42. The van der Waals surface area contributed by atoms with Crippen molar-refractivity contribution in [3.63, 3.8) is 0 Å². The van der Waals surface area contributed by atoms with Crippen molar-refractivity contribution in [1.29, 1.82) is 0 Å². The number of rotatable bonds is 2. The lowest BCUT2D eigenvalue weighted by Gasteiger charge is -2.26. The van der Waals surface area contributed by atoms with Crippen molar-refractivity contribution in [3.05, 3.63) is 48.5 Å². The fourth-order valence-electron chi connectivity index (χ4n) is 4.00. The van der Waals surface area contributed by atoms with E-state index in [-0.39, 0.29) is 23.7 Å². The van der Waals surface area contributed by atoms with Gasteiger partial charge in [0.05, 0.1) is 11.0 Å². The van der Waals surface area contributed by atoms with Crippen LogP contribution in [0.2, 0.25) is 0 Å². The minimum Gasteiger partial charge on any atom is -0.272 e. The minimum atomic E-state index is -0.151. The van der Waals surface area contributed by atoms with Gasteiger partial charge in [0.2, 0.25) is 0 Å². The van der Waals surface area contributed by atoms with Crippen LogP contribution in [0.5, 0.6) is 0 Å². The molecule has 0 atom stereocenters. The number of carbonyl (C=O) groups excluding carboxylic acids is 2. The number of carbonyl (C=O) groups is 2. The van der Waals surface area contributed by atoms with Crippen LogP contribution in [0.25, 0.3) is 22.1 Å². The fourth-order valence-corrected chi connectivity index (χ4v) is 4.00. The van der Waals surface area contributed by atoms with E-state index in [4.69, 9.17) is 0 Å². The summed E-state index contributed by atoms with van der Waals surface area (Å²) in [7, 11) is 0. The van der Waals surface area contributed by atoms with E-state index in [2.05, 4.69) is 20.6 Å². The molecule has 4 aromatic rings. The van der Waals surface area contributed by atoms with Crippen LogP contribution >= 0.6 is 0 Å². The second-order valence-corrected chi connectivity index (χ2v) is 7.20. The van der Waals surface area contributed by atoms with Gasteiger partial charge < -0.3 is 0 Å². The molecule has 1 fully saturated rings. The molecule has 0 amide bonds. The van der Waals surface area contributed by atoms with Crippen LogP contribution in [0.4, 0.5) is 0 Å². The van der Waals surface area contributed by atoms with Crippen molar-refractivity contribution in [2.75, 3.05) is 0 Å². The van der Waals surface area contributed by atoms with Crippen molar-refractivity contribution in [2.24, 2.45) is 11.8 Å². The van der Waals surface area contributed by atoms with E-state index < -0.39 is 0 Å². The van der Waals surface area contributed by atoms with Crippen LogP contribution in [-0.2, 0) is 0 Å². The van der Waals surface area contributed by atoms with Crippen LogP contribution < -0.4 is 0 Å². The summed E-state index contributed by atoms with van der Waals surface area (Å²) in [5, 5.41) is 16.2. The Kier molecular flexibility index (Phi) is 3.96. The number of nitrogens with zero attached hydrogens (tertiary/aromatic N) is 6. The molecule has 0 unspecified atom stereocenters. The number of fused-ring (bicyclic) bond motifs is 2. The van der Waals surface area contributed by atoms with Crippen LogP contribution in [-0.4, -0.2) is 41.8 Å². The van der Waals surface area contributed by atoms with Gasteiger partial charge in [-0.2, -0.15) is 9.36 Å². The molecule has 2 aromatic heterocycles. The monoisotopic (exact) mass is 374 g/mol. The van der Waals surface area contributed by atoms with Gasteiger partial charge in [-0.15, -0.1) is 10.2 Å². The highest BCUT2D eigenvalue weighted by molar-refractivity contribution is 5.92.